The van der Waals surface area contributed by atoms with E-state index in [1.807, 2.05) is 25.1 Å². The molecule has 0 saturated carbocycles. The molecule has 0 spiro atoms. The quantitative estimate of drug-likeness (QED) is 0.0696. The molecule has 0 radical (unpaired) electrons. The molecule has 8 heteroatoms. The van der Waals surface area contributed by atoms with Crippen LogP contribution in [0.3, 0.4) is 0 Å². The molecular weight excluding hydrogens is 501 g/mol. The van der Waals surface area contributed by atoms with Gasteiger partial charge in [-0.25, -0.2) is 0 Å². The van der Waals surface area contributed by atoms with E-state index in [4.69, 9.17) is 18.5 Å². The molecule has 2 atom stereocenters. The number of ether oxygens (including phenoxy) is 2. The summed E-state index contributed by atoms with van der Waals surface area (Å²) in [6.45, 7) is 7.99. The second kappa shape index (κ2) is 24.8. The van der Waals surface area contributed by atoms with Gasteiger partial charge >= 0.3 is 14.6 Å². The van der Waals surface area contributed by atoms with Crippen LogP contribution >= 0.6 is 8.60 Å². The highest BCUT2D eigenvalue weighted by Gasteiger charge is 2.19. The van der Waals surface area contributed by atoms with Crippen molar-refractivity contribution in [1.29, 1.82) is 0 Å². The molecule has 0 bridgehead atoms. The average Bonchev–Trinajstić information content (AvgIpc) is 2.93. The Kier molecular flexibility index (Phi) is 22.7. The van der Waals surface area contributed by atoms with Gasteiger partial charge in [-0.2, -0.15) is 0 Å². The Morgan fingerprint density at radius 2 is 1.50 bits per heavy atom. The first-order chi connectivity index (χ1) is 18.6. The van der Waals surface area contributed by atoms with Crippen molar-refractivity contribution in [3.8, 4) is 5.75 Å². The van der Waals surface area contributed by atoms with Gasteiger partial charge in [-0.05, 0) is 31.0 Å². The Bertz CT molecular complexity index is 692. The van der Waals surface area contributed by atoms with Crippen molar-refractivity contribution < 1.29 is 28.2 Å². The summed E-state index contributed by atoms with van der Waals surface area (Å²) in [6.07, 6.45) is 16.6. The zero-order chi connectivity index (χ0) is 27.7. The van der Waals surface area contributed by atoms with E-state index >= 15 is 0 Å². The standard InChI is InChI=1S/C30H54NO6P/c1-4-7-8-9-10-11-12-13-14-15-16-17-20-27-21-18-19-22-29(27)34-25-28(37-30(32)5-2)26-36-38(33)35-24-23-31-6-3/h18-19,21-22,28,31,33H,4-17,20,23-26H2,1-3H3. The number of carbonyl (C=O) groups excluding carboxylic acids is 1. The fourth-order valence-corrected chi connectivity index (χ4v) is 4.75. The van der Waals surface area contributed by atoms with E-state index in [0.717, 1.165) is 30.7 Å². The van der Waals surface area contributed by atoms with E-state index in [1.165, 1.54) is 70.6 Å². The normalized spacial score (nSPS) is 12.8. The second-order valence-corrected chi connectivity index (χ2v) is 10.7. The summed E-state index contributed by atoms with van der Waals surface area (Å²) in [7, 11) is -2.04. The van der Waals surface area contributed by atoms with Crippen molar-refractivity contribution in [3.05, 3.63) is 29.8 Å². The fourth-order valence-electron chi connectivity index (χ4n) is 4.13. The van der Waals surface area contributed by atoms with E-state index in [0.29, 0.717) is 13.2 Å². The predicted molar refractivity (Wildman–Crippen MR) is 156 cm³/mol. The Hall–Kier alpha value is -1.24. The van der Waals surface area contributed by atoms with Crippen LogP contribution in [-0.4, -0.2) is 49.9 Å². The predicted octanol–water partition coefficient (Wildman–Crippen LogP) is 7.49. The number of unbranched alkanes of at least 4 members (excludes halogenated alkanes) is 11. The molecule has 2 N–H and O–H groups in total. The van der Waals surface area contributed by atoms with Gasteiger partial charge in [-0.3, -0.25) is 4.79 Å². The third-order valence-electron chi connectivity index (χ3n) is 6.39. The highest BCUT2D eigenvalue weighted by atomic mass is 31.2. The van der Waals surface area contributed by atoms with Crippen LogP contribution in [0.5, 0.6) is 5.75 Å². The number of likely N-dealkylation sites (N-methyl/N-ethyl adjacent to an activating group) is 1. The van der Waals surface area contributed by atoms with Gasteiger partial charge in [0.2, 0.25) is 0 Å². The van der Waals surface area contributed by atoms with Crippen molar-refractivity contribution in [2.24, 2.45) is 0 Å². The molecule has 1 aromatic rings. The van der Waals surface area contributed by atoms with E-state index < -0.39 is 14.7 Å². The maximum Gasteiger partial charge on any atom is 0.330 e. The van der Waals surface area contributed by atoms with Gasteiger partial charge in [0.1, 0.15) is 12.4 Å². The zero-order valence-corrected chi connectivity index (χ0v) is 25.2. The first kappa shape index (κ1) is 34.8. The fraction of sp³-hybridized carbons (Fsp3) is 0.767. The summed E-state index contributed by atoms with van der Waals surface area (Å²) < 4.78 is 22.2. The SMILES string of the molecule is CCCCCCCCCCCCCCc1ccccc1OCC(COP(O)OCCNCC)OC(=O)CC. The number of benzene rings is 1. The van der Waals surface area contributed by atoms with Gasteiger partial charge in [-0.1, -0.05) is 110 Å². The minimum atomic E-state index is -2.04. The van der Waals surface area contributed by atoms with Crippen LogP contribution in [0.4, 0.5) is 0 Å². The highest BCUT2D eigenvalue weighted by Crippen LogP contribution is 2.32. The number of hydrogen-bond donors (Lipinski definition) is 2. The van der Waals surface area contributed by atoms with Crippen LogP contribution in [0.1, 0.15) is 110 Å². The molecular formula is C30H54NO6P. The lowest BCUT2D eigenvalue weighted by atomic mass is 10.0. The Balaban J connectivity index is 2.35. The molecule has 0 aliphatic carbocycles. The molecule has 7 nitrogen and oxygen atoms in total. The molecule has 38 heavy (non-hydrogen) atoms. The first-order valence-corrected chi connectivity index (χ1v) is 16.1. The smallest absolute Gasteiger partial charge is 0.330 e. The van der Waals surface area contributed by atoms with E-state index in [9.17, 15) is 9.69 Å². The van der Waals surface area contributed by atoms with Crippen molar-refractivity contribution in [2.45, 2.75) is 117 Å². The number of hydrogen-bond acceptors (Lipinski definition) is 7. The molecule has 0 saturated heterocycles. The molecule has 220 valence electrons. The topological polar surface area (TPSA) is 86.2 Å². The lowest BCUT2D eigenvalue weighted by Crippen LogP contribution is -2.29. The molecule has 1 aromatic carbocycles. The Morgan fingerprint density at radius 3 is 2.13 bits per heavy atom. The van der Waals surface area contributed by atoms with Crippen LogP contribution in [0.2, 0.25) is 0 Å². The largest absolute Gasteiger partial charge is 0.489 e. The summed E-state index contributed by atoms with van der Waals surface area (Å²) in [5, 5.41) is 3.11. The summed E-state index contributed by atoms with van der Waals surface area (Å²) in [5.74, 6) is 0.476. The number of aryl methyl sites for hydroxylation is 1. The van der Waals surface area contributed by atoms with E-state index in [2.05, 4.69) is 18.3 Å². The van der Waals surface area contributed by atoms with Gasteiger partial charge in [0.05, 0.1) is 13.2 Å². The third kappa shape index (κ3) is 18.9. The van der Waals surface area contributed by atoms with Crippen molar-refractivity contribution in [3.63, 3.8) is 0 Å². The lowest BCUT2D eigenvalue weighted by Gasteiger charge is -2.20. The van der Waals surface area contributed by atoms with Gasteiger partial charge in [0, 0.05) is 13.0 Å². The van der Waals surface area contributed by atoms with Gasteiger partial charge in [0.25, 0.3) is 0 Å². The molecule has 0 fully saturated rings. The zero-order valence-electron chi connectivity index (χ0n) is 24.3. The van der Waals surface area contributed by atoms with Gasteiger partial charge in [-0.15, -0.1) is 0 Å². The number of nitrogens with one attached hydrogen (secondary N) is 1. The van der Waals surface area contributed by atoms with Crippen molar-refractivity contribution in [2.75, 3.05) is 32.9 Å². The summed E-state index contributed by atoms with van der Waals surface area (Å²) in [6, 6.07) is 8.04. The minimum absolute atomic E-state index is 0.00998. The monoisotopic (exact) mass is 555 g/mol. The van der Waals surface area contributed by atoms with Gasteiger partial charge in [0.15, 0.2) is 6.10 Å². The maximum absolute atomic E-state index is 11.9. The third-order valence-corrected chi connectivity index (χ3v) is 7.16. The second-order valence-electron chi connectivity index (χ2n) is 9.74. The molecule has 1 rings (SSSR count). The first-order valence-electron chi connectivity index (χ1n) is 15.0. The Morgan fingerprint density at radius 1 is 0.868 bits per heavy atom. The summed E-state index contributed by atoms with van der Waals surface area (Å²) >= 11 is 0. The minimum Gasteiger partial charge on any atom is -0.489 e. The van der Waals surface area contributed by atoms with Crippen LogP contribution in [-0.2, 0) is 25.0 Å². The highest BCUT2D eigenvalue weighted by molar-refractivity contribution is 7.40. The van der Waals surface area contributed by atoms with Crippen LogP contribution in [0, 0.1) is 0 Å². The Labute approximate surface area is 233 Å². The molecule has 0 amide bonds. The number of para-hydroxylation sites is 1. The van der Waals surface area contributed by atoms with E-state index in [-0.39, 0.29) is 25.6 Å². The average molecular weight is 556 g/mol. The van der Waals surface area contributed by atoms with Crippen LogP contribution in [0.15, 0.2) is 24.3 Å². The summed E-state index contributed by atoms with van der Waals surface area (Å²) in [4.78, 5) is 21.9. The van der Waals surface area contributed by atoms with Crippen LogP contribution in [0.25, 0.3) is 0 Å². The molecule has 0 aromatic heterocycles. The van der Waals surface area contributed by atoms with E-state index in [1.54, 1.807) is 6.92 Å². The van der Waals surface area contributed by atoms with Crippen LogP contribution < -0.4 is 10.1 Å². The van der Waals surface area contributed by atoms with Gasteiger partial charge < -0.3 is 28.7 Å². The lowest BCUT2D eigenvalue weighted by molar-refractivity contribution is -0.152. The number of esters is 1. The maximum atomic E-state index is 11.9. The molecule has 0 heterocycles. The summed E-state index contributed by atoms with van der Waals surface area (Å²) in [5.41, 5.74) is 1.16. The molecule has 0 aliphatic heterocycles. The number of carbonyl (C=O) groups is 1. The number of rotatable bonds is 26. The van der Waals surface area contributed by atoms with Crippen molar-refractivity contribution >= 4 is 14.6 Å². The molecule has 2 unspecified atom stereocenters. The molecule has 0 aliphatic rings. The van der Waals surface area contributed by atoms with Crippen molar-refractivity contribution in [1.82, 2.24) is 5.32 Å².